The van der Waals surface area contributed by atoms with E-state index in [0.29, 0.717) is 5.92 Å². The monoisotopic (exact) mass is 317 g/mol. The highest BCUT2D eigenvalue weighted by Gasteiger charge is 2.43. The molecule has 2 atom stereocenters. The third-order valence-electron chi connectivity index (χ3n) is 4.09. The molecule has 1 aromatic heterocycles. The van der Waals surface area contributed by atoms with Gasteiger partial charge in [-0.3, -0.25) is 0 Å². The molecule has 0 amide bonds. The minimum atomic E-state index is -0.406. The van der Waals surface area contributed by atoms with Gasteiger partial charge in [0.2, 0.25) is 5.13 Å². The van der Waals surface area contributed by atoms with E-state index in [1.54, 1.807) is 11.3 Å². The zero-order valence-corrected chi connectivity index (χ0v) is 12.0. The second kappa shape index (κ2) is 4.48. The summed E-state index contributed by atoms with van der Waals surface area (Å²) in [6, 6.07) is 0. The summed E-state index contributed by atoms with van der Waals surface area (Å²) in [7, 11) is 0. The van der Waals surface area contributed by atoms with Gasteiger partial charge < -0.3 is 10.0 Å². The molecular formula is C11H16BrN3OS. The second-order valence-corrected chi connectivity index (χ2v) is 7.31. The van der Waals surface area contributed by atoms with Crippen molar-refractivity contribution in [1.29, 1.82) is 0 Å². The van der Waals surface area contributed by atoms with Gasteiger partial charge in [-0.15, -0.1) is 10.2 Å². The second-order valence-electron chi connectivity index (χ2n) is 5.08. The van der Waals surface area contributed by atoms with Crippen LogP contribution in [0.5, 0.6) is 0 Å². The summed E-state index contributed by atoms with van der Waals surface area (Å²) < 4.78 is 0.831. The number of aromatic nitrogens is 2. The summed E-state index contributed by atoms with van der Waals surface area (Å²) in [6.45, 7) is 1.83. The van der Waals surface area contributed by atoms with Gasteiger partial charge >= 0.3 is 0 Å². The minimum Gasteiger partial charge on any atom is -0.389 e. The van der Waals surface area contributed by atoms with Crippen LogP contribution in [0.2, 0.25) is 0 Å². The van der Waals surface area contributed by atoms with E-state index in [1.165, 1.54) is 12.8 Å². The molecule has 6 heteroatoms. The minimum absolute atomic E-state index is 0.406. The lowest BCUT2D eigenvalue weighted by Crippen LogP contribution is -2.53. The maximum Gasteiger partial charge on any atom is 0.209 e. The number of piperidine rings is 1. The van der Waals surface area contributed by atoms with Gasteiger partial charge in [-0.25, -0.2) is 0 Å². The Morgan fingerprint density at radius 1 is 1.35 bits per heavy atom. The van der Waals surface area contributed by atoms with Crippen LogP contribution in [-0.4, -0.2) is 34.0 Å². The average Bonchev–Trinajstić information content (AvgIpc) is 2.75. The fourth-order valence-electron chi connectivity index (χ4n) is 3.07. The van der Waals surface area contributed by atoms with Crippen LogP contribution >= 0.6 is 27.3 Å². The van der Waals surface area contributed by atoms with Gasteiger partial charge in [-0.05, 0) is 35.2 Å². The molecule has 0 spiro atoms. The number of nitrogens with zero attached hydrogens (tertiary/aromatic N) is 3. The first-order chi connectivity index (χ1) is 8.17. The van der Waals surface area contributed by atoms with E-state index in [9.17, 15) is 5.11 Å². The van der Waals surface area contributed by atoms with Crippen molar-refractivity contribution in [2.24, 2.45) is 5.92 Å². The molecule has 94 valence electrons. The van der Waals surface area contributed by atoms with Crippen LogP contribution < -0.4 is 4.90 Å². The predicted molar refractivity (Wildman–Crippen MR) is 71.3 cm³/mol. The molecule has 2 heterocycles. The Kier molecular flexibility index (Phi) is 3.13. The predicted octanol–water partition coefficient (Wildman–Crippen LogP) is 2.43. The molecule has 2 fully saturated rings. The van der Waals surface area contributed by atoms with Crippen LogP contribution in [0.15, 0.2) is 3.92 Å². The molecular weight excluding hydrogens is 302 g/mol. The lowest BCUT2D eigenvalue weighted by molar-refractivity contribution is -0.0612. The average molecular weight is 318 g/mol. The van der Waals surface area contributed by atoms with Crippen molar-refractivity contribution in [1.82, 2.24) is 10.2 Å². The van der Waals surface area contributed by atoms with Gasteiger partial charge in [0.1, 0.15) is 0 Å². The molecule has 1 saturated heterocycles. The van der Waals surface area contributed by atoms with Crippen LogP contribution in [0.4, 0.5) is 5.13 Å². The van der Waals surface area contributed by atoms with Crippen LogP contribution in [-0.2, 0) is 0 Å². The number of aliphatic hydroxyl groups is 1. The van der Waals surface area contributed by atoms with Gasteiger partial charge in [0.05, 0.1) is 5.60 Å². The molecule has 0 radical (unpaired) electrons. The van der Waals surface area contributed by atoms with E-state index in [2.05, 4.69) is 31.0 Å². The third kappa shape index (κ3) is 2.22. The van der Waals surface area contributed by atoms with Gasteiger partial charge in [0.25, 0.3) is 0 Å². The SMILES string of the molecule is OC12CCCCC1CN(c1nnc(Br)s1)CC2. The largest absolute Gasteiger partial charge is 0.389 e. The Morgan fingerprint density at radius 3 is 3.00 bits per heavy atom. The Hall–Kier alpha value is -0.200. The summed E-state index contributed by atoms with van der Waals surface area (Å²) >= 11 is 4.92. The molecule has 2 unspecified atom stereocenters. The molecule has 1 N–H and O–H groups in total. The molecule has 1 aromatic rings. The zero-order valence-electron chi connectivity index (χ0n) is 9.60. The number of halogens is 1. The highest BCUT2D eigenvalue weighted by atomic mass is 79.9. The smallest absolute Gasteiger partial charge is 0.209 e. The van der Waals surface area contributed by atoms with Gasteiger partial charge in [-0.1, -0.05) is 24.2 Å². The molecule has 1 aliphatic heterocycles. The van der Waals surface area contributed by atoms with E-state index >= 15 is 0 Å². The molecule has 17 heavy (non-hydrogen) atoms. The first-order valence-corrected chi connectivity index (χ1v) is 7.75. The van der Waals surface area contributed by atoms with Crippen LogP contribution in [0.1, 0.15) is 32.1 Å². The van der Waals surface area contributed by atoms with Crippen molar-refractivity contribution >= 4 is 32.4 Å². The lowest BCUT2D eigenvalue weighted by Gasteiger charge is -2.47. The first-order valence-electron chi connectivity index (χ1n) is 6.14. The van der Waals surface area contributed by atoms with Crippen LogP contribution in [0, 0.1) is 5.92 Å². The van der Waals surface area contributed by atoms with Gasteiger partial charge in [0, 0.05) is 19.0 Å². The van der Waals surface area contributed by atoms with Crippen molar-refractivity contribution in [2.45, 2.75) is 37.7 Å². The van der Waals surface area contributed by atoms with Crippen LogP contribution in [0.25, 0.3) is 0 Å². The fourth-order valence-corrected chi connectivity index (χ4v) is 4.19. The Bertz CT molecular complexity index is 413. The van der Waals surface area contributed by atoms with Crippen molar-refractivity contribution < 1.29 is 5.11 Å². The summed E-state index contributed by atoms with van der Waals surface area (Å²) in [6.07, 6.45) is 5.42. The highest BCUT2D eigenvalue weighted by molar-refractivity contribution is 9.11. The third-order valence-corrected chi connectivity index (χ3v) is 5.50. The van der Waals surface area contributed by atoms with Crippen molar-refractivity contribution in [2.75, 3.05) is 18.0 Å². The Labute approximate surface area is 113 Å². The number of rotatable bonds is 1. The van der Waals surface area contributed by atoms with Crippen molar-refractivity contribution in [3.8, 4) is 0 Å². The molecule has 2 aliphatic rings. The zero-order chi connectivity index (χ0) is 11.9. The normalized spacial score (nSPS) is 33.5. The quantitative estimate of drug-likeness (QED) is 0.864. The standard InChI is InChI=1S/C11H16BrN3OS/c12-9-13-14-10(17-9)15-6-5-11(16)4-2-1-3-8(11)7-15/h8,16H,1-7H2. The van der Waals surface area contributed by atoms with E-state index in [0.717, 1.165) is 41.4 Å². The summed E-state index contributed by atoms with van der Waals surface area (Å²) in [5.74, 6) is 0.410. The summed E-state index contributed by atoms with van der Waals surface area (Å²) in [5, 5.41) is 19.7. The van der Waals surface area contributed by atoms with Crippen molar-refractivity contribution in [3.05, 3.63) is 3.92 Å². The van der Waals surface area contributed by atoms with Crippen LogP contribution in [0.3, 0.4) is 0 Å². The Balaban J connectivity index is 1.75. The fraction of sp³-hybridized carbons (Fsp3) is 0.818. The summed E-state index contributed by atoms with van der Waals surface area (Å²) in [4.78, 5) is 2.27. The first kappa shape index (κ1) is 11.9. The molecule has 4 nitrogen and oxygen atoms in total. The highest BCUT2D eigenvalue weighted by Crippen LogP contribution is 2.41. The van der Waals surface area contributed by atoms with E-state index < -0.39 is 5.60 Å². The maximum absolute atomic E-state index is 10.6. The lowest BCUT2D eigenvalue weighted by atomic mass is 9.71. The summed E-state index contributed by atoms with van der Waals surface area (Å²) in [5.41, 5.74) is -0.406. The van der Waals surface area contributed by atoms with E-state index in [1.807, 2.05) is 0 Å². The number of fused-ring (bicyclic) bond motifs is 1. The number of hydrogen-bond donors (Lipinski definition) is 1. The van der Waals surface area contributed by atoms with E-state index in [4.69, 9.17) is 0 Å². The maximum atomic E-state index is 10.6. The number of anilines is 1. The molecule has 0 bridgehead atoms. The van der Waals surface area contributed by atoms with E-state index in [-0.39, 0.29) is 0 Å². The molecule has 1 saturated carbocycles. The van der Waals surface area contributed by atoms with Gasteiger partial charge in [0.15, 0.2) is 3.92 Å². The Morgan fingerprint density at radius 2 is 2.24 bits per heavy atom. The number of hydrogen-bond acceptors (Lipinski definition) is 5. The topological polar surface area (TPSA) is 49.2 Å². The molecule has 0 aromatic carbocycles. The molecule has 1 aliphatic carbocycles. The molecule has 3 rings (SSSR count). The van der Waals surface area contributed by atoms with Crippen molar-refractivity contribution in [3.63, 3.8) is 0 Å². The van der Waals surface area contributed by atoms with Gasteiger partial charge in [-0.2, -0.15) is 0 Å².